The molecule has 6 atom stereocenters. The Kier molecular flexibility index (Phi) is 9.21. The number of nitrogens with one attached hydrogen (secondary N) is 1. The summed E-state index contributed by atoms with van der Waals surface area (Å²) in [4.78, 5) is 31.2. The van der Waals surface area contributed by atoms with Gasteiger partial charge < -0.3 is 29.8 Å². The van der Waals surface area contributed by atoms with Crippen molar-refractivity contribution in [2.75, 3.05) is 7.11 Å². The maximum Gasteiger partial charge on any atom is 0.482 e. The van der Waals surface area contributed by atoms with Gasteiger partial charge in [0.25, 0.3) is 0 Å². The highest BCUT2D eigenvalue weighted by Gasteiger charge is 2.68. The number of nitrogens with two attached hydrogens (primary N) is 1. The lowest BCUT2D eigenvalue weighted by molar-refractivity contribution is -0.199. The number of carbonyl (C=O) groups is 2. The zero-order chi connectivity index (χ0) is 34.4. The van der Waals surface area contributed by atoms with Gasteiger partial charge in [-0.1, -0.05) is 56.3 Å². The number of hydrogen-bond donors (Lipinski definition) is 2. The molecule has 3 aliphatic carbocycles. The summed E-state index contributed by atoms with van der Waals surface area (Å²) in [5.74, 6) is 0.199. The Balaban J connectivity index is 1.23. The van der Waals surface area contributed by atoms with Gasteiger partial charge in [-0.05, 0) is 99.1 Å². The number of rotatable bonds is 10. The highest BCUT2D eigenvalue weighted by molar-refractivity contribution is 6.48. The molecule has 4 aliphatic rings. The zero-order valence-electron chi connectivity index (χ0n) is 29.1. The number of carbonyl (C=O) groups excluding carboxylic acids is 2. The van der Waals surface area contributed by atoms with Crippen LogP contribution in [0.3, 0.4) is 0 Å². The van der Waals surface area contributed by atoms with E-state index in [1.54, 1.807) is 12.3 Å². The molecular weight excluding hydrogens is 605 g/mol. The topological polar surface area (TPSA) is 122 Å². The molecule has 2 bridgehead atoms. The quantitative estimate of drug-likeness (QED) is 0.213. The number of pyridine rings is 1. The van der Waals surface area contributed by atoms with Gasteiger partial charge in [-0.15, -0.1) is 0 Å². The van der Waals surface area contributed by atoms with Crippen LogP contribution in [0.4, 0.5) is 0 Å². The van der Waals surface area contributed by atoms with E-state index in [4.69, 9.17) is 24.5 Å². The monoisotopic (exact) mass is 653 g/mol. The molecule has 254 valence electrons. The van der Waals surface area contributed by atoms with Crippen molar-refractivity contribution in [2.24, 2.45) is 23.0 Å². The maximum absolute atomic E-state index is 13.7. The molecule has 1 saturated heterocycles. The van der Waals surface area contributed by atoms with Crippen LogP contribution in [0.15, 0.2) is 66.9 Å². The molecular formula is C38H48BN3O6. The summed E-state index contributed by atoms with van der Waals surface area (Å²) in [5, 5.41) is 3.24. The number of amides is 1. The van der Waals surface area contributed by atoms with Gasteiger partial charge >= 0.3 is 13.1 Å². The fourth-order valence-electron chi connectivity index (χ4n) is 8.02. The Hall–Kier alpha value is -3.73. The highest BCUT2D eigenvalue weighted by atomic mass is 16.7. The molecule has 6 unspecified atom stereocenters. The van der Waals surface area contributed by atoms with Crippen molar-refractivity contribution in [2.45, 2.75) is 96.5 Å². The normalized spacial score (nSPS) is 25.3. The van der Waals surface area contributed by atoms with Gasteiger partial charge in [0.1, 0.15) is 16.9 Å². The van der Waals surface area contributed by atoms with Crippen LogP contribution in [-0.4, -0.2) is 54.3 Å². The Bertz CT molecular complexity index is 1640. The minimum absolute atomic E-state index is 0.0514. The first-order valence-electron chi connectivity index (χ1n) is 17.0. The van der Waals surface area contributed by atoms with Gasteiger partial charge in [-0.25, -0.2) is 4.79 Å². The van der Waals surface area contributed by atoms with E-state index in [-0.39, 0.29) is 29.9 Å². The third-order valence-electron chi connectivity index (χ3n) is 10.7. The van der Waals surface area contributed by atoms with Crippen molar-refractivity contribution in [3.05, 3.63) is 94.8 Å². The van der Waals surface area contributed by atoms with Crippen LogP contribution in [0.1, 0.15) is 93.2 Å². The van der Waals surface area contributed by atoms with Gasteiger partial charge in [0, 0.05) is 6.20 Å². The summed E-state index contributed by atoms with van der Waals surface area (Å²) in [7, 11) is 0.865. The molecule has 1 aromatic heterocycles. The van der Waals surface area contributed by atoms with E-state index in [0.29, 0.717) is 29.6 Å². The van der Waals surface area contributed by atoms with E-state index in [9.17, 15) is 9.59 Å². The minimum atomic E-state index is -0.673. The van der Waals surface area contributed by atoms with Crippen LogP contribution in [-0.2, 0) is 31.7 Å². The first-order valence-corrected chi connectivity index (χ1v) is 17.0. The SMILES string of the molecule is COc1c(CC(NC(=O)Cc2ccc(C(N)c3ccccn3)cc2)B2OC3CC4CC(C4(C)C)C3(C)O2)cccc1C(=O)OC(C)(C)C. The highest BCUT2D eigenvalue weighted by Crippen LogP contribution is 2.65. The molecule has 0 radical (unpaired) electrons. The summed E-state index contributed by atoms with van der Waals surface area (Å²) < 4.78 is 25.0. The Morgan fingerprint density at radius 2 is 1.81 bits per heavy atom. The second-order valence-electron chi connectivity index (χ2n) is 15.4. The van der Waals surface area contributed by atoms with Crippen LogP contribution < -0.4 is 15.8 Å². The van der Waals surface area contributed by atoms with Gasteiger partial charge in [0.15, 0.2) is 0 Å². The number of aromatic nitrogens is 1. The van der Waals surface area contributed by atoms with Gasteiger partial charge in [-0.2, -0.15) is 0 Å². The lowest BCUT2D eigenvalue weighted by Crippen LogP contribution is -2.65. The molecule has 7 rings (SSSR count). The van der Waals surface area contributed by atoms with Crippen molar-refractivity contribution >= 4 is 19.0 Å². The van der Waals surface area contributed by atoms with Gasteiger partial charge in [-0.3, -0.25) is 9.78 Å². The molecule has 2 aromatic carbocycles. The summed E-state index contributed by atoms with van der Waals surface area (Å²) in [6.45, 7) is 12.3. The molecule has 0 spiro atoms. The first-order chi connectivity index (χ1) is 22.7. The van der Waals surface area contributed by atoms with Gasteiger partial charge in [0.2, 0.25) is 5.91 Å². The minimum Gasteiger partial charge on any atom is -0.496 e. The van der Waals surface area contributed by atoms with E-state index in [0.717, 1.165) is 35.2 Å². The Morgan fingerprint density at radius 3 is 2.46 bits per heavy atom. The number of methoxy groups -OCH3 is 1. The third-order valence-corrected chi connectivity index (χ3v) is 10.7. The summed E-state index contributed by atoms with van der Waals surface area (Å²) in [6.07, 6.45) is 4.22. The summed E-state index contributed by atoms with van der Waals surface area (Å²) in [6, 6.07) is 18.4. The van der Waals surface area contributed by atoms with E-state index in [2.05, 4.69) is 31.1 Å². The number of benzene rings is 2. The largest absolute Gasteiger partial charge is 0.496 e. The van der Waals surface area contributed by atoms with E-state index >= 15 is 0 Å². The summed E-state index contributed by atoms with van der Waals surface area (Å²) in [5.41, 5.74) is 9.13. The molecule has 3 aromatic rings. The Labute approximate surface area is 284 Å². The van der Waals surface area contributed by atoms with Crippen LogP contribution in [0, 0.1) is 17.3 Å². The van der Waals surface area contributed by atoms with E-state index in [1.165, 1.54) is 7.11 Å². The van der Waals surface area contributed by atoms with Gasteiger partial charge in [0.05, 0.1) is 42.9 Å². The predicted molar refractivity (Wildman–Crippen MR) is 184 cm³/mol. The van der Waals surface area contributed by atoms with Crippen molar-refractivity contribution in [1.29, 1.82) is 0 Å². The maximum atomic E-state index is 13.7. The van der Waals surface area contributed by atoms with Crippen molar-refractivity contribution in [1.82, 2.24) is 10.3 Å². The lowest BCUT2D eigenvalue weighted by atomic mass is 9.43. The molecule has 48 heavy (non-hydrogen) atoms. The number of hydrogen-bond acceptors (Lipinski definition) is 8. The second-order valence-corrected chi connectivity index (χ2v) is 15.4. The fraction of sp³-hybridized carbons (Fsp3) is 0.500. The number of para-hydroxylation sites is 1. The number of ether oxygens (including phenoxy) is 2. The third kappa shape index (κ3) is 6.62. The average molecular weight is 654 g/mol. The molecule has 3 saturated carbocycles. The lowest BCUT2D eigenvalue weighted by Gasteiger charge is -2.64. The van der Waals surface area contributed by atoms with Crippen LogP contribution >= 0.6 is 0 Å². The van der Waals surface area contributed by atoms with Crippen molar-refractivity contribution < 1.29 is 28.4 Å². The molecule has 10 heteroatoms. The van der Waals surface area contributed by atoms with E-state index in [1.807, 2.05) is 75.4 Å². The van der Waals surface area contributed by atoms with Crippen LogP contribution in [0.25, 0.3) is 0 Å². The molecule has 1 aliphatic heterocycles. The fourth-order valence-corrected chi connectivity index (χ4v) is 8.02. The van der Waals surface area contributed by atoms with Crippen molar-refractivity contribution in [3.8, 4) is 5.75 Å². The molecule has 4 fully saturated rings. The van der Waals surface area contributed by atoms with Crippen LogP contribution in [0.2, 0.25) is 0 Å². The smallest absolute Gasteiger partial charge is 0.482 e. The predicted octanol–water partition coefficient (Wildman–Crippen LogP) is 5.63. The zero-order valence-corrected chi connectivity index (χ0v) is 29.1. The van der Waals surface area contributed by atoms with E-state index < -0.39 is 30.2 Å². The Morgan fingerprint density at radius 1 is 1.06 bits per heavy atom. The molecule has 3 N–H and O–H groups in total. The standard InChI is InChI=1S/C38H48BN3O6/c1-36(2,3)46-35(44)27-12-10-11-25(34(27)45-7)20-31(39-47-30-22-26-21-29(37(26,4)5)38(30,6)48-39)42-32(43)19-23-14-16-24(17-15-23)33(40)28-13-8-9-18-41-28/h8-18,26,29-31,33H,19-22,40H2,1-7H3,(H,42,43). The number of esters is 1. The summed E-state index contributed by atoms with van der Waals surface area (Å²) >= 11 is 0. The molecule has 2 heterocycles. The average Bonchev–Trinajstić information content (AvgIpc) is 3.41. The first kappa shape index (κ1) is 34.1. The molecule has 9 nitrogen and oxygen atoms in total. The second kappa shape index (κ2) is 13.0. The van der Waals surface area contributed by atoms with Crippen LogP contribution in [0.5, 0.6) is 5.75 Å². The van der Waals surface area contributed by atoms with Crippen molar-refractivity contribution in [3.63, 3.8) is 0 Å². The number of nitrogens with zero attached hydrogens (tertiary/aromatic N) is 1. The molecule has 1 amide bonds.